The first kappa shape index (κ1) is 13.1. The van der Waals surface area contributed by atoms with Crippen LogP contribution >= 0.6 is 0 Å². The number of hydrogen-bond acceptors (Lipinski definition) is 4. The van der Waals surface area contributed by atoms with Gasteiger partial charge in [0, 0.05) is 25.2 Å². The summed E-state index contributed by atoms with van der Waals surface area (Å²) < 4.78 is 22.8. The van der Waals surface area contributed by atoms with Gasteiger partial charge in [0.1, 0.15) is 0 Å². The van der Waals surface area contributed by atoms with Crippen LogP contribution in [0.25, 0.3) is 0 Å². The Kier molecular flexibility index (Phi) is 3.90. The van der Waals surface area contributed by atoms with E-state index in [1.807, 2.05) is 7.05 Å². The summed E-state index contributed by atoms with van der Waals surface area (Å²) in [6, 6.07) is 0.876. The van der Waals surface area contributed by atoms with Crippen LogP contribution in [0.1, 0.15) is 19.3 Å². The van der Waals surface area contributed by atoms with E-state index < -0.39 is 9.84 Å². The first-order chi connectivity index (χ1) is 7.96. The van der Waals surface area contributed by atoms with Gasteiger partial charge in [0.15, 0.2) is 9.84 Å². The predicted molar refractivity (Wildman–Crippen MR) is 69.9 cm³/mol. The second-order valence-electron chi connectivity index (χ2n) is 5.38. The van der Waals surface area contributed by atoms with Crippen LogP contribution < -0.4 is 5.32 Å². The lowest BCUT2D eigenvalue weighted by molar-refractivity contribution is 0.281. The average molecular weight is 258 g/mol. The molecule has 0 aromatic carbocycles. The molecule has 0 aromatic heterocycles. The summed E-state index contributed by atoms with van der Waals surface area (Å²) in [6.07, 6.45) is 3.33. The normalized spacial score (nSPS) is 27.5. The Morgan fingerprint density at radius 2 is 2.12 bits per heavy atom. The lowest BCUT2D eigenvalue weighted by Gasteiger charge is -2.24. The van der Waals surface area contributed by atoms with Gasteiger partial charge in [-0.1, -0.05) is 6.58 Å². The van der Waals surface area contributed by atoms with Crippen LogP contribution in [0.4, 0.5) is 0 Å². The number of nitrogens with zero attached hydrogens (tertiary/aromatic N) is 1. The smallest absolute Gasteiger partial charge is 0.151 e. The second-order valence-corrected chi connectivity index (χ2v) is 7.61. The van der Waals surface area contributed by atoms with Crippen molar-refractivity contribution in [3.8, 4) is 0 Å². The van der Waals surface area contributed by atoms with E-state index >= 15 is 0 Å². The number of rotatable bonds is 6. The zero-order valence-electron chi connectivity index (χ0n) is 10.5. The topological polar surface area (TPSA) is 49.4 Å². The Morgan fingerprint density at radius 1 is 1.41 bits per heavy atom. The van der Waals surface area contributed by atoms with Crippen LogP contribution in [0.15, 0.2) is 12.2 Å². The van der Waals surface area contributed by atoms with E-state index in [1.165, 1.54) is 12.8 Å². The number of nitrogens with one attached hydrogen (secondary N) is 1. The maximum Gasteiger partial charge on any atom is 0.151 e. The summed E-state index contributed by atoms with van der Waals surface area (Å²) in [4.78, 5) is 2.13. The molecule has 4 nitrogen and oxygen atoms in total. The van der Waals surface area contributed by atoms with Gasteiger partial charge in [0.05, 0.1) is 11.5 Å². The first-order valence-electron chi connectivity index (χ1n) is 6.27. The maximum atomic E-state index is 11.4. The summed E-state index contributed by atoms with van der Waals surface area (Å²) in [5.74, 6) is 0.654. The molecule has 5 heteroatoms. The van der Waals surface area contributed by atoms with E-state index in [4.69, 9.17) is 0 Å². The molecule has 1 saturated carbocycles. The Hall–Kier alpha value is -0.390. The van der Waals surface area contributed by atoms with Crippen LogP contribution in [0.3, 0.4) is 0 Å². The van der Waals surface area contributed by atoms with Crippen molar-refractivity contribution in [2.24, 2.45) is 0 Å². The molecule has 0 bridgehead atoms. The van der Waals surface area contributed by atoms with E-state index in [1.54, 1.807) is 0 Å². The van der Waals surface area contributed by atoms with Crippen LogP contribution in [-0.4, -0.2) is 57.0 Å². The van der Waals surface area contributed by atoms with Gasteiger partial charge in [-0.05, 0) is 31.9 Å². The minimum atomic E-state index is -2.78. The molecule has 2 rings (SSSR count). The van der Waals surface area contributed by atoms with Crippen LogP contribution in [-0.2, 0) is 9.84 Å². The number of sulfone groups is 1. The fourth-order valence-electron chi connectivity index (χ4n) is 2.24. The summed E-state index contributed by atoms with van der Waals surface area (Å²) >= 11 is 0. The summed E-state index contributed by atoms with van der Waals surface area (Å²) in [6.45, 7) is 5.70. The van der Waals surface area contributed by atoms with Crippen molar-refractivity contribution >= 4 is 9.84 Å². The van der Waals surface area contributed by atoms with Crippen molar-refractivity contribution < 1.29 is 8.42 Å². The maximum absolute atomic E-state index is 11.4. The molecule has 0 aromatic rings. The van der Waals surface area contributed by atoms with Crippen LogP contribution in [0, 0.1) is 0 Å². The van der Waals surface area contributed by atoms with Crippen molar-refractivity contribution in [3.05, 3.63) is 12.2 Å². The van der Waals surface area contributed by atoms with Gasteiger partial charge in [-0.3, -0.25) is 4.90 Å². The minimum absolute atomic E-state index is 0.178. The molecular formula is C12H22N2O2S. The monoisotopic (exact) mass is 258 g/mol. The van der Waals surface area contributed by atoms with Crippen molar-refractivity contribution in [3.63, 3.8) is 0 Å². The van der Waals surface area contributed by atoms with E-state index in [9.17, 15) is 8.42 Å². The summed E-state index contributed by atoms with van der Waals surface area (Å²) in [5, 5.41) is 3.42. The largest absolute Gasteiger partial charge is 0.310 e. The summed E-state index contributed by atoms with van der Waals surface area (Å²) in [7, 11) is -0.785. The molecule has 1 heterocycles. The minimum Gasteiger partial charge on any atom is -0.310 e. The van der Waals surface area contributed by atoms with E-state index in [2.05, 4.69) is 16.8 Å². The molecule has 2 fully saturated rings. The van der Waals surface area contributed by atoms with E-state index in [0.29, 0.717) is 17.5 Å². The van der Waals surface area contributed by atoms with Crippen LogP contribution in [0.5, 0.6) is 0 Å². The van der Waals surface area contributed by atoms with Gasteiger partial charge in [-0.2, -0.15) is 0 Å². The third-order valence-electron chi connectivity index (χ3n) is 3.52. The molecule has 1 aliphatic heterocycles. The van der Waals surface area contributed by atoms with Crippen LogP contribution in [0.2, 0.25) is 0 Å². The van der Waals surface area contributed by atoms with E-state index in [0.717, 1.165) is 25.1 Å². The van der Waals surface area contributed by atoms with Gasteiger partial charge in [0.25, 0.3) is 0 Å². The summed E-state index contributed by atoms with van der Waals surface area (Å²) in [5.41, 5.74) is 1.14. The Balaban J connectivity index is 1.72. The predicted octanol–water partition coefficient (Wildman–Crippen LogP) is 0.414. The molecule has 1 aliphatic carbocycles. The highest BCUT2D eigenvalue weighted by Gasteiger charge is 2.30. The highest BCUT2D eigenvalue weighted by atomic mass is 32.2. The van der Waals surface area contributed by atoms with Crippen molar-refractivity contribution in [1.29, 1.82) is 0 Å². The first-order valence-corrected chi connectivity index (χ1v) is 8.09. The molecule has 98 valence electrons. The number of likely N-dealkylation sites (N-methyl/N-ethyl adjacent to an activating group) is 1. The quantitative estimate of drug-likeness (QED) is 0.701. The Labute approximate surface area is 104 Å². The Bertz CT molecular complexity index is 387. The highest BCUT2D eigenvalue weighted by molar-refractivity contribution is 7.91. The zero-order valence-corrected chi connectivity index (χ0v) is 11.3. The van der Waals surface area contributed by atoms with Gasteiger partial charge in [-0.15, -0.1) is 0 Å². The molecule has 0 amide bonds. The molecule has 2 aliphatic rings. The van der Waals surface area contributed by atoms with Gasteiger partial charge >= 0.3 is 0 Å². The third kappa shape index (κ3) is 4.08. The molecule has 0 radical (unpaired) electrons. The molecule has 1 unspecified atom stereocenters. The molecule has 1 N–H and O–H groups in total. The second kappa shape index (κ2) is 5.08. The lowest BCUT2D eigenvalue weighted by Crippen LogP contribution is -2.35. The van der Waals surface area contributed by atoms with Crippen molar-refractivity contribution in [2.75, 3.05) is 31.6 Å². The van der Waals surface area contributed by atoms with Gasteiger partial charge < -0.3 is 5.32 Å². The highest BCUT2D eigenvalue weighted by Crippen LogP contribution is 2.19. The SMILES string of the molecule is C=C(CNC1CC1)CN(C)C1CCS(=O)(=O)C1. The third-order valence-corrected chi connectivity index (χ3v) is 5.27. The van der Waals surface area contributed by atoms with Crippen molar-refractivity contribution in [1.82, 2.24) is 10.2 Å². The molecule has 17 heavy (non-hydrogen) atoms. The van der Waals surface area contributed by atoms with Gasteiger partial charge in [0.2, 0.25) is 0 Å². The van der Waals surface area contributed by atoms with E-state index in [-0.39, 0.29) is 6.04 Å². The average Bonchev–Trinajstić information content (AvgIpc) is 2.99. The number of hydrogen-bond donors (Lipinski definition) is 1. The fourth-order valence-corrected chi connectivity index (χ4v) is 4.04. The molecule has 1 saturated heterocycles. The zero-order chi connectivity index (χ0) is 12.5. The lowest BCUT2D eigenvalue weighted by atomic mass is 10.2. The molecule has 1 atom stereocenters. The van der Waals surface area contributed by atoms with Gasteiger partial charge in [-0.25, -0.2) is 8.42 Å². The fraction of sp³-hybridized carbons (Fsp3) is 0.833. The Morgan fingerprint density at radius 3 is 2.65 bits per heavy atom. The molecule has 0 spiro atoms. The molecular weight excluding hydrogens is 236 g/mol. The standard InChI is InChI=1S/C12H22N2O2S/c1-10(7-13-11-3-4-11)8-14(2)12-5-6-17(15,16)9-12/h11-13H,1,3-9H2,2H3. The van der Waals surface area contributed by atoms with Crippen molar-refractivity contribution in [2.45, 2.75) is 31.3 Å².